The zero-order chi connectivity index (χ0) is 26.9. The fraction of sp³-hybridized carbons (Fsp3) is 0.429. The van der Waals surface area contributed by atoms with Crippen LogP contribution in [0, 0.1) is 11.7 Å². The predicted octanol–water partition coefficient (Wildman–Crippen LogP) is 4.91. The van der Waals surface area contributed by atoms with Crippen molar-refractivity contribution in [1.82, 2.24) is 15.0 Å². The normalized spacial score (nSPS) is 14.1. The van der Waals surface area contributed by atoms with Crippen molar-refractivity contribution >= 4 is 29.5 Å². The lowest BCUT2D eigenvalue weighted by Crippen LogP contribution is -2.32. The number of anilines is 4. The Morgan fingerprint density at radius 1 is 1.08 bits per heavy atom. The average molecular weight is 523 g/mol. The van der Waals surface area contributed by atoms with E-state index in [0.29, 0.717) is 55.3 Å². The highest BCUT2D eigenvalue weighted by atomic mass is 19.1. The first-order valence-corrected chi connectivity index (χ1v) is 13.1. The van der Waals surface area contributed by atoms with E-state index in [-0.39, 0.29) is 11.7 Å². The molecule has 0 aliphatic carbocycles. The van der Waals surface area contributed by atoms with Gasteiger partial charge in [-0.2, -0.15) is 15.0 Å². The lowest BCUT2D eigenvalue weighted by Gasteiger charge is -2.28. The minimum absolute atomic E-state index is 0.305. The van der Waals surface area contributed by atoms with E-state index in [1.165, 1.54) is 18.6 Å². The Kier molecular flexibility index (Phi) is 9.29. The molecule has 0 bridgehead atoms. The molecule has 1 atom stereocenters. The number of hydrogen-bond donors (Lipinski definition) is 2. The quantitative estimate of drug-likeness (QED) is 0.343. The summed E-state index contributed by atoms with van der Waals surface area (Å²) in [6.45, 7) is 4.63. The van der Waals surface area contributed by atoms with E-state index in [9.17, 15) is 14.3 Å². The summed E-state index contributed by atoms with van der Waals surface area (Å²) < 4.78 is 19.3. The number of carboxylic acid groups (broad SMARTS) is 1. The molecular formula is C28H35FN6O3. The fourth-order valence-electron chi connectivity index (χ4n) is 4.29. The van der Waals surface area contributed by atoms with Gasteiger partial charge in [0.05, 0.1) is 12.5 Å². The highest BCUT2D eigenvalue weighted by molar-refractivity contribution is 5.70. The van der Waals surface area contributed by atoms with Gasteiger partial charge >= 0.3 is 5.97 Å². The number of aromatic nitrogens is 3. The molecule has 38 heavy (non-hydrogen) atoms. The van der Waals surface area contributed by atoms with Crippen LogP contribution in [0.25, 0.3) is 0 Å². The van der Waals surface area contributed by atoms with Gasteiger partial charge in [-0.1, -0.05) is 19.1 Å². The summed E-state index contributed by atoms with van der Waals surface area (Å²) in [6.07, 6.45) is 4.49. The molecule has 0 saturated carbocycles. The van der Waals surface area contributed by atoms with Gasteiger partial charge in [0, 0.05) is 25.8 Å². The summed E-state index contributed by atoms with van der Waals surface area (Å²) in [5.74, 6) is 0.798. The standard InChI is InChI=1S/C28H35FN6O3/c1-3-21(25(36)37)19-20-7-13-24(14-8-20)38-18-17-34(2)27-31-26(30-23-11-9-22(29)10-12-23)32-28(33-27)35-15-5-4-6-16-35/h7-14,21H,3-6,15-19H2,1-2H3,(H,36,37)(H,30,31,32,33). The fourth-order valence-corrected chi connectivity index (χ4v) is 4.29. The summed E-state index contributed by atoms with van der Waals surface area (Å²) in [7, 11) is 1.90. The van der Waals surface area contributed by atoms with Gasteiger partial charge in [-0.25, -0.2) is 4.39 Å². The first kappa shape index (κ1) is 27.1. The molecule has 1 unspecified atom stereocenters. The van der Waals surface area contributed by atoms with Crippen LogP contribution in [-0.4, -0.2) is 59.3 Å². The number of nitrogens with one attached hydrogen (secondary N) is 1. The second-order valence-corrected chi connectivity index (χ2v) is 9.50. The molecule has 1 fully saturated rings. The Bertz CT molecular complexity index is 1190. The van der Waals surface area contributed by atoms with Crippen LogP contribution in [0.5, 0.6) is 5.75 Å². The van der Waals surface area contributed by atoms with Crippen LogP contribution >= 0.6 is 0 Å². The van der Waals surface area contributed by atoms with Crippen LogP contribution < -0.4 is 19.9 Å². The third-order valence-corrected chi connectivity index (χ3v) is 6.64. The second kappa shape index (κ2) is 13.0. The van der Waals surface area contributed by atoms with Crippen molar-refractivity contribution in [1.29, 1.82) is 0 Å². The number of rotatable bonds is 12. The molecule has 202 valence electrons. The molecule has 1 saturated heterocycles. The van der Waals surface area contributed by atoms with Crippen LogP contribution in [-0.2, 0) is 11.2 Å². The molecule has 2 aromatic carbocycles. The van der Waals surface area contributed by atoms with Crippen LogP contribution in [0.15, 0.2) is 48.5 Å². The highest BCUT2D eigenvalue weighted by Crippen LogP contribution is 2.22. The van der Waals surface area contributed by atoms with Crippen molar-refractivity contribution in [2.24, 2.45) is 5.92 Å². The predicted molar refractivity (Wildman–Crippen MR) is 146 cm³/mol. The smallest absolute Gasteiger partial charge is 0.306 e. The van der Waals surface area contributed by atoms with Gasteiger partial charge in [-0.3, -0.25) is 4.79 Å². The number of piperidine rings is 1. The maximum Gasteiger partial charge on any atom is 0.306 e. The largest absolute Gasteiger partial charge is 0.492 e. The van der Waals surface area contributed by atoms with Crippen molar-refractivity contribution in [2.75, 3.05) is 48.4 Å². The second-order valence-electron chi connectivity index (χ2n) is 9.50. The molecule has 0 spiro atoms. The number of aliphatic carboxylic acids is 1. The summed E-state index contributed by atoms with van der Waals surface area (Å²) in [4.78, 5) is 29.3. The summed E-state index contributed by atoms with van der Waals surface area (Å²) in [6, 6.07) is 13.6. The topological polar surface area (TPSA) is 104 Å². The minimum atomic E-state index is -0.770. The van der Waals surface area contributed by atoms with Gasteiger partial charge in [-0.15, -0.1) is 0 Å². The van der Waals surface area contributed by atoms with Gasteiger partial charge in [0.2, 0.25) is 17.8 Å². The molecular weight excluding hydrogens is 487 g/mol. The molecule has 2 heterocycles. The first-order valence-electron chi connectivity index (χ1n) is 13.1. The van der Waals surface area contributed by atoms with Gasteiger partial charge in [-0.05, 0) is 74.1 Å². The maximum absolute atomic E-state index is 13.3. The van der Waals surface area contributed by atoms with E-state index < -0.39 is 5.97 Å². The van der Waals surface area contributed by atoms with Gasteiger partial charge in [0.15, 0.2) is 0 Å². The van der Waals surface area contributed by atoms with Gasteiger partial charge in [0.1, 0.15) is 18.2 Å². The van der Waals surface area contributed by atoms with Crippen LogP contribution in [0.4, 0.5) is 27.9 Å². The van der Waals surface area contributed by atoms with E-state index in [1.54, 1.807) is 12.1 Å². The Morgan fingerprint density at radius 2 is 1.79 bits per heavy atom. The lowest BCUT2D eigenvalue weighted by molar-refractivity contribution is -0.141. The van der Waals surface area contributed by atoms with E-state index in [2.05, 4.69) is 20.2 Å². The Hall–Kier alpha value is -3.95. The molecule has 3 aromatic rings. The molecule has 0 radical (unpaired) electrons. The Labute approximate surface area is 222 Å². The highest BCUT2D eigenvalue weighted by Gasteiger charge is 2.18. The zero-order valence-corrected chi connectivity index (χ0v) is 21.9. The zero-order valence-electron chi connectivity index (χ0n) is 21.9. The number of halogens is 1. The molecule has 1 aromatic heterocycles. The Balaban J connectivity index is 1.40. The van der Waals surface area contributed by atoms with E-state index in [0.717, 1.165) is 31.5 Å². The number of hydrogen-bond acceptors (Lipinski definition) is 8. The van der Waals surface area contributed by atoms with E-state index in [4.69, 9.17) is 9.72 Å². The molecule has 1 aliphatic rings. The Morgan fingerprint density at radius 3 is 2.45 bits per heavy atom. The SMILES string of the molecule is CCC(Cc1ccc(OCCN(C)c2nc(Nc3ccc(F)cc3)nc(N3CCCCC3)n2)cc1)C(=O)O. The minimum Gasteiger partial charge on any atom is -0.492 e. The number of ether oxygens (including phenoxy) is 1. The molecule has 2 N–H and O–H groups in total. The molecule has 4 rings (SSSR count). The van der Waals surface area contributed by atoms with Crippen molar-refractivity contribution in [2.45, 2.75) is 39.0 Å². The average Bonchev–Trinajstić information content (AvgIpc) is 2.94. The van der Waals surface area contributed by atoms with Crippen molar-refractivity contribution in [3.63, 3.8) is 0 Å². The molecule has 0 amide bonds. The monoisotopic (exact) mass is 522 g/mol. The summed E-state index contributed by atoms with van der Waals surface area (Å²) >= 11 is 0. The lowest BCUT2D eigenvalue weighted by atomic mass is 9.97. The number of carboxylic acids is 1. The van der Waals surface area contributed by atoms with Gasteiger partial charge < -0.3 is 25.0 Å². The van der Waals surface area contributed by atoms with E-state index in [1.807, 2.05) is 43.1 Å². The van der Waals surface area contributed by atoms with E-state index >= 15 is 0 Å². The van der Waals surface area contributed by atoms with Crippen LogP contribution in [0.1, 0.15) is 38.2 Å². The first-order chi connectivity index (χ1) is 18.4. The van der Waals surface area contributed by atoms with Crippen LogP contribution in [0.2, 0.25) is 0 Å². The summed E-state index contributed by atoms with van der Waals surface area (Å²) in [5.41, 5.74) is 1.66. The van der Waals surface area contributed by atoms with Crippen molar-refractivity contribution in [3.8, 4) is 5.75 Å². The third-order valence-electron chi connectivity index (χ3n) is 6.64. The number of likely N-dealkylation sites (N-methyl/N-ethyl adjacent to an activating group) is 1. The molecule has 10 heteroatoms. The van der Waals surface area contributed by atoms with Crippen molar-refractivity contribution in [3.05, 3.63) is 59.9 Å². The van der Waals surface area contributed by atoms with Gasteiger partial charge in [0.25, 0.3) is 0 Å². The maximum atomic E-state index is 13.3. The molecule has 1 aliphatic heterocycles. The number of benzene rings is 2. The third kappa shape index (κ3) is 7.53. The molecule has 9 nitrogen and oxygen atoms in total. The summed E-state index contributed by atoms with van der Waals surface area (Å²) in [5, 5.41) is 12.4. The van der Waals surface area contributed by atoms with Crippen molar-refractivity contribution < 1.29 is 19.0 Å². The number of carbonyl (C=O) groups is 1. The number of nitrogens with zero attached hydrogens (tertiary/aromatic N) is 5. The van der Waals surface area contributed by atoms with Crippen LogP contribution in [0.3, 0.4) is 0 Å².